The Morgan fingerprint density at radius 2 is 2.03 bits per heavy atom. The van der Waals surface area contributed by atoms with Crippen molar-refractivity contribution in [1.82, 2.24) is 9.88 Å². The molecular formula is C21H25N3O3S2. The second-order valence-corrected chi connectivity index (χ2v) is 10.6. The number of amides is 1. The van der Waals surface area contributed by atoms with Crippen LogP contribution in [0.5, 0.6) is 0 Å². The van der Waals surface area contributed by atoms with Crippen molar-refractivity contribution < 1.29 is 13.2 Å². The number of sulfonamides is 1. The highest BCUT2D eigenvalue weighted by Gasteiger charge is 2.39. The Morgan fingerprint density at radius 3 is 2.86 bits per heavy atom. The maximum Gasteiger partial charge on any atom is 0.239 e. The minimum atomic E-state index is -3.48. The number of rotatable bonds is 6. The zero-order valence-electron chi connectivity index (χ0n) is 16.2. The second-order valence-electron chi connectivity index (χ2n) is 7.45. The molecule has 0 N–H and O–H groups in total. The Bertz CT molecular complexity index is 966. The number of thioether (sulfide) groups is 1. The highest BCUT2D eigenvalue weighted by atomic mass is 32.2. The van der Waals surface area contributed by atoms with Crippen LogP contribution in [0.3, 0.4) is 0 Å². The van der Waals surface area contributed by atoms with Gasteiger partial charge in [0.2, 0.25) is 15.9 Å². The number of hydrogen-bond acceptors (Lipinski definition) is 5. The summed E-state index contributed by atoms with van der Waals surface area (Å²) in [5.41, 5.74) is 2.95. The van der Waals surface area contributed by atoms with E-state index >= 15 is 0 Å². The van der Waals surface area contributed by atoms with Crippen molar-refractivity contribution in [1.29, 1.82) is 0 Å². The van der Waals surface area contributed by atoms with Crippen LogP contribution in [0, 0.1) is 0 Å². The lowest BCUT2D eigenvalue weighted by molar-refractivity contribution is -0.129. The minimum absolute atomic E-state index is 0.0145. The summed E-state index contributed by atoms with van der Waals surface area (Å²) >= 11 is 1.54. The summed E-state index contributed by atoms with van der Waals surface area (Å²) in [5.74, 6) is 1.09. The number of carbonyl (C=O) groups is 1. The highest BCUT2D eigenvalue weighted by Crippen LogP contribution is 2.33. The third-order valence-corrected chi connectivity index (χ3v) is 8.73. The summed E-state index contributed by atoms with van der Waals surface area (Å²) in [6, 6.07) is 11.6. The van der Waals surface area contributed by atoms with E-state index in [1.165, 1.54) is 0 Å². The SMILES string of the molecule is O=C(CSCc1cccnc1)N1CCCC(S(=O)(=O)N2CCc3ccccc32)C1. The van der Waals surface area contributed by atoms with Crippen molar-refractivity contribution in [3.63, 3.8) is 0 Å². The van der Waals surface area contributed by atoms with Crippen LogP contribution in [0.2, 0.25) is 0 Å². The Hall–Kier alpha value is -2.06. The number of benzene rings is 1. The van der Waals surface area contributed by atoms with Gasteiger partial charge in [0.15, 0.2) is 0 Å². The van der Waals surface area contributed by atoms with Crippen LogP contribution in [0.1, 0.15) is 24.0 Å². The van der Waals surface area contributed by atoms with Crippen molar-refractivity contribution in [2.24, 2.45) is 0 Å². The molecule has 1 saturated heterocycles. The zero-order chi connectivity index (χ0) is 20.3. The Kier molecular flexibility index (Phi) is 6.10. The molecule has 3 heterocycles. The van der Waals surface area contributed by atoms with Crippen LogP contribution in [0.4, 0.5) is 5.69 Å². The number of likely N-dealkylation sites (tertiary alicyclic amines) is 1. The Morgan fingerprint density at radius 1 is 1.17 bits per heavy atom. The fourth-order valence-electron chi connectivity index (χ4n) is 3.99. The predicted molar refractivity (Wildman–Crippen MR) is 116 cm³/mol. The number of fused-ring (bicyclic) bond motifs is 1. The average molecular weight is 432 g/mol. The Balaban J connectivity index is 1.37. The van der Waals surface area contributed by atoms with Gasteiger partial charge in [-0.3, -0.25) is 14.1 Å². The molecule has 1 atom stereocenters. The zero-order valence-corrected chi connectivity index (χ0v) is 17.9. The molecule has 0 bridgehead atoms. The number of pyridine rings is 1. The first-order valence-electron chi connectivity index (χ1n) is 9.89. The first-order chi connectivity index (χ1) is 14.1. The first-order valence-corrected chi connectivity index (χ1v) is 12.6. The van der Waals surface area contributed by atoms with E-state index in [-0.39, 0.29) is 12.5 Å². The summed E-state index contributed by atoms with van der Waals surface area (Å²) in [7, 11) is -3.48. The van der Waals surface area contributed by atoms with Gasteiger partial charge in [-0.1, -0.05) is 24.3 Å². The molecule has 1 aromatic heterocycles. The summed E-state index contributed by atoms with van der Waals surface area (Å²) in [5, 5.41) is -0.533. The van der Waals surface area contributed by atoms with Crippen LogP contribution >= 0.6 is 11.8 Å². The molecular weight excluding hydrogens is 406 g/mol. The molecule has 1 amide bonds. The van der Waals surface area contributed by atoms with Crippen LogP contribution < -0.4 is 4.31 Å². The number of carbonyl (C=O) groups excluding carboxylic acids is 1. The van der Waals surface area contributed by atoms with Gasteiger partial charge < -0.3 is 4.90 Å². The van der Waals surface area contributed by atoms with Crippen molar-refractivity contribution in [3.05, 3.63) is 59.9 Å². The normalized spacial score (nSPS) is 19.2. The Labute approximate surface area is 176 Å². The third-order valence-electron chi connectivity index (χ3n) is 5.52. The molecule has 6 nitrogen and oxygen atoms in total. The summed E-state index contributed by atoms with van der Waals surface area (Å²) < 4.78 is 28.1. The average Bonchev–Trinajstić information content (AvgIpc) is 3.19. The minimum Gasteiger partial charge on any atom is -0.341 e. The van der Waals surface area contributed by atoms with Crippen LogP contribution in [-0.2, 0) is 27.0 Å². The number of piperidine rings is 1. The van der Waals surface area contributed by atoms with Gasteiger partial charge >= 0.3 is 0 Å². The lowest BCUT2D eigenvalue weighted by Gasteiger charge is -2.35. The maximum absolute atomic E-state index is 13.3. The van der Waals surface area contributed by atoms with Gasteiger partial charge in [-0.25, -0.2) is 8.42 Å². The molecule has 2 aliphatic rings. The van der Waals surface area contributed by atoms with Crippen molar-refractivity contribution in [2.75, 3.05) is 29.7 Å². The van der Waals surface area contributed by atoms with E-state index < -0.39 is 15.3 Å². The van der Waals surface area contributed by atoms with Crippen LogP contribution in [0.15, 0.2) is 48.8 Å². The van der Waals surface area contributed by atoms with E-state index in [1.807, 2.05) is 36.4 Å². The number of hydrogen-bond donors (Lipinski definition) is 0. The predicted octanol–water partition coefficient (Wildman–Crippen LogP) is 2.70. The number of para-hydroxylation sites is 1. The fourth-order valence-corrected chi connectivity index (χ4v) is 6.85. The van der Waals surface area contributed by atoms with E-state index in [1.54, 1.807) is 33.4 Å². The van der Waals surface area contributed by atoms with Gasteiger partial charge in [0.25, 0.3) is 0 Å². The molecule has 1 unspecified atom stereocenters. The smallest absolute Gasteiger partial charge is 0.239 e. The molecule has 0 saturated carbocycles. The van der Waals surface area contributed by atoms with Crippen molar-refractivity contribution in [2.45, 2.75) is 30.3 Å². The van der Waals surface area contributed by atoms with Gasteiger partial charge in [-0.05, 0) is 42.5 Å². The van der Waals surface area contributed by atoms with Crippen LogP contribution in [0.25, 0.3) is 0 Å². The molecule has 1 aromatic carbocycles. The molecule has 29 heavy (non-hydrogen) atoms. The third kappa shape index (κ3) is 4.43. The number of nitrogens with zero attached hydrogens (tertiary/aromatic N) is 3. The lowest BCUT2D eigenvalue weighted by Crippen LogP contribution is -2.49. The number of anilines is 1. The molecule has 0 radical (unpaired) electrons. The lowest BCUT2D eigenvalue weighted by atomic mass is 10.1. The standard InChI is InChI=1S/C21H25N3O3S2/c25-21(16-28-15-17-5-3-10-22-13-17)23-11-4-7-19(14-23)29(26,27)24-12-9-18-6-1-2-8-20(18)24/h1-3,5-6,8,10,13,19H,4,7,9,11-12,14-16H2. The topological polar surface area (TPSA) is 70.6 Å². The molecule has 2 aliphatic heterocycles. The van der Waals surface area contributed by atoms with E-state index in [4.69, 9.17) is 0 Å². The van der Waals surface area contributed by atoms with E-state index in [9.17, 15) is 13.2 Å². The van der Waals surface area contributed by atoms with Crippen molar-refractivity contribution in [3.8, 4) is 0 Å². The largest absolute Gasteiger partial charge is 0.341 e. The molecule has 154 valence electrons. The van der Waals surface area contributed by atoms with E-state index in [2.05, 4.69) is 4.98 Å². The summed E-state index contributed by atoms with van der Waals surface area (Å²) in [6.07, 6.45) is 5.60. The first kappa shape index (κ1) is 20.2. The monoisotopic (exact) mass is 431 g/mol. The number of aromatic nitrogens is 1. The van der Waals surface area contributed by atoms with Gasteiger partial charge in [-0.2, -0.15) is 0 Å². The summed E-state index contributed by atoms with van der Waals surface area (Å²) in [6.45, 7) is 1.41. The highest BCUT2D eigenvalue weighted by molar-refractivity contribution is 7.99. The molecule has 4 rings (SSSR count). The molecule has 0 aliphatic carbocycles. The van der Waals surface area contributed by atoms with Crippen molar-refractivity contribution >= 4 is 33.4 Å². The second kappa shape index (κ2) is 8.75. The molecule has 1 fully saturated rings. The van der Waals surface area contributed by atoms with E-state index in [0.29, 0.717) is 25.3 Å². The quantitative estimate of drug-likeness (QED) is 0.703. The van der Waals surface area contributed by atoms with E-state index in [0.717, 1.165) is 35.4 Å². The molecule has 8 heteroatoms. The molecule has 0 spiro atoms. The van der Waals surface area contributed by atoms with Gasteiger partial charge in [-0.15, -0.1) is 11.8 Å². The van der Waals surface area contributed by atoms with Crippen LogP contribution in [-0.4, -0.2) is 54.8 Å². The summed E-state index contributed by atoms with van der Waals surface area (Å²) in [4.78, 5) is 18.5. The van der Waals surface area contributed by atoms with Gasteiger partial charge in [0.05, 0.1) is 16.7 Å². The fraction of sp³-hybridized carbons (Fsp3) is 0.429. The molecule has 2 aromatic rings. The maximum atomic E-state index is 13.3. The van der Waals surface area contributed by atoms with Gasteiger partial charge in [0.1, 0.15) is 0 Å². The van der Waals surface area contributed by atoms with Gasteiger partial charge in [0, 0.05) is 37.8 Å².